The molecule has 0 aliphatic carbocycles. The molecule has 0 atom stereocenters. The van der Waals surface area contributed by atoms with Crippen LogP contribution in [0, 0.1) is 5.82 Å². The Morgan fingerprint density at radius 3 is 2.28 bits per heavy atom. The Labute approximate surface area is 185 Å². The van der Waals surface area contributed by atoms with E-state index in [2.05, 4.69) is 9.88 Å². The van der Waals surface area contributed by atoms with E-state index >= 15 is 0 Å². The number of pyridine rings is 1. The molecule has 1 saturated heterocycles. The zero-order chi connectivity index (χ0) is 22.7. The molecule has 1 aliphatic rings. The monoisotopic (exact) mass is 437 g/mol. The van der Waals surface area contributed by atoms with Crippen LogP contribution < -0.4 is 19.9 Å². The number of halogens is 1. The van der Waals surface area contributed by atoms with E-state index in [-0.39, 0.29) is 17.3 Å². The number of rotatable bonds is 5. The first-order chi connectivity index (χ1) is 15.5. The molecule has 8 heteroatoms. The second kappa shape index (κ2) is 9.13. The number of aromatic nitrogens is 1. The van der Waals surface area contributed by atoms with E-state index in [1.54, 1.807) is 61.6 Å². The largest absolute Gasteiger partial charge is 0.497 e. The average Bonchev–Trinajstić information content (AvgIpc) is 2.83. The minimum Gasteiger partial charge on any atom is -0.497 e. The van der Waals surface area contributed by atoms with Crippen molar-refractivity contribution in [3.63, 3.8) is 0 Å². The third kappa shape index (κ3) is 4.30. The standard InChI is InChI=1S/C24H24FN3O4/c1-31-18-7-10-22(32-2)20(15-18)21-9-8-19(23(29)26-21)24(30)28-13-11-27(12-14-28)17-5-3-16(25)4-6-17/h3-10,15H,11-14H2,1-2H3,(H,26,29). The fraction of sp³-hybridized carbons (Fsp3) is 0.250. The molecule has 2 heterocycles. The lowest BCUT2D eigenvalue weighted by Gasteiger charge is -2.36. The van der Waals surface area contributed by atoms with Crippen molar-refractivity contribution >= 4 is 11.6 Å². The molecule has 0 spiro atoms. The van der Waals surface area contributed by atoms with Crippen molar-refractivity contribution in [1.29, 1.82) is 0 Å². The number of piperazine rings is 1. The molecule has 32 heavy (non-hydrogen) atoms. The average molecular weight is 437 g/mol. The van der Waals surface area contributed by atoms with Gasteiger partial charge in [-0.05, 0) is 54.6 Å². The SMILES string of the molecule is COc1ccc(OC)c(-c2ccc(C(=O)N3CCN(c4ccc(F)cc4)CC3)c(=O)[nH]2)c1. The van der Waals surface area contributed by atoms with Gasteiger partial charge in [-0.1, -0.05) is 0 Å². The first-order valence-corrected chi connectivity index (χ1v) is 10.3. The van der Waals surface area contributed by atoms with Gasteiger partial charge in [0.25, 0.3) is 11.5 Å². The number of hydrogen-bond donors (Lipinski definition) is 1. The van der Waals surface area contributed by atoms with E-state index in [1.165, 1.54) is 12.1 Å². The molecular weight excluding hydrogens is 413 g/mol. The van der Waals surface area contributed by atoms with Crippen LogP contribution in [-0.4, -0.2) is 56.2 Å². The number of nitrogens with zero attached hydrogens (tertiary/aromatic N) is 2. The zero-order valence-corrected chi connectivity index (χ0v) is 17.9. The summed E-state index contributed by atoms with van der Waals surface area (Å²) in [6.45, 7) is 2.16. The van der Waals surface area contributed by atoms with Gasteiger partial charge in [0.2, 0.25) is 0 Å². The topological polar surface area (TPSA) is 74.9 Å². The van der Waals surface area contributed by atoms with E-state index in [0.717, 1.165) is 5.69 Å². The van der Waals surface area contributed by atoms with Crippen LogP contribution in [0.25, 0.3) is 11.3 Å². The van der Waals surface area contributed by atoms with Crippen molar-refractivity contribution in [3.8, 4) is 22.8 Å². The summed E-state index contributed by atoms with van der Waals surface area (Å²) in [5.41, 5.74) is 1.73. The van der Waals surface area contributed by atoms with Gasteiger partial charge in [0, 0.05) is 37.4 Å². The highest BCUT2D eigenvalue weighted by atomic mass is 19.1. The number of aromatic amines is 1. The lowest BCUT2D eigenvalue weighted by atomic mass is 10.1. The van der Waals surface area contributed by atoms with Crippen LogP contribution in [-0.2, 0) is 0 Å². The fourth-order valence-electron chi connectivity index (χ4n) is 3.81. The summed E-state index contributed by atoms with van der Waals surface area (Å²) in [6, 6.07) is 14.8. The van der Waals surface area contributed by atoms with Gasteiger partial charge in [-0.2, -0.15) is 0 Å². The van der Waals surface area contributed by atoms with Crippen molar-refractivity contribution in [3.05, 3.63) is 76.3 Å². The predicted molar refractivity (Wildman–Crippen MR) is 120 cm³/mol. The van der Waals surface area contributed by atoms with Crippen molar-refractivity contribution < 1.29 is 18.7 Å². The van der Waals surface area contributed by atoms with Crippen molar-refractivity contribution in [2.45, 2.75) is 0 Å². The van der Waals surface area contributed by atoms with Gasteiger partial charge in [0.05, 0.1) is 19.9 Å². The third-order valence-corrected chi connectivity index (χ3v) is 5.60. The highest BCUT2D eigenvalue weighted by Gasteiger charge is 2.24. The van der Waals surface area contributed by atoms with Gasteiger partial charge < -0.3 is 24.3 Å². The van der Waals surface area contributed by atoms with Gasteiger partial charge in [-0.3, -0.25) is 9.59 Å². The molecule has 7 nitrogen and oxygen atoms in total. The van der Waals surface area contributed by atoms with Gasteiger partial charge in [0.15, 0.2) is 0 Å². The maximum Gasteiger partial charge on any atom is 0.261 e. The molecule has 0 saturated carbocycles. The van der Waals surface area contributed by atoms with E-state index < -0.39 is 5.56 Å². The number of carbonyl (C=O) groups excluding carboxylic acids is 1. The van der Waals surface area contributed by atoms with E-state index in [9.17, 15) is 14.0 Å². The van der Waals surface area contributed by atoms with Gasteiger partial charge in [0.1, 0.15) is 22.9 Å². The zero-order valence-electron chi connectivity index (χ0n) is 17.9. The lowest BCUT2D eigenvalue weighted by Crippen LogP contribution is -2.49. The second-order valence-corrected chi connectivity index (χ2v) is 7.44. The van der Waals surface area contributed by atoms with Crippen LogP contribution in [0.15, 0.2) is 59.4 Å². The van der Waals surface area contributed by atoms with Crippen molar-refractivity contribution in [2.24, 2.45) is 0 Å². The maximum atomic E-state index is 13.1. The quantitative estimate of drug-likeness (QED) is 0.664. The molecule has 0 unspecified atom stereocenters. The molecule has 2 aromatic carbocycles. The molecule has 1 fully saturated rings. The smallest absolute Gasteiger partial charge is 0.261 e. The van der Waals surface area contributed by atoms with Crippen LogP contribution >= 0.6 is 0 Å². The summed E-state index contributed by atoms with van der Waals surface area (Å²) < 4.78 is 23.8. The molecule has 1 amide bonds. The first-order valence-electron chi connectivity index (χ1n) is 10.3. The molecule has 1 aliphatic heterocycles. The number of benzene rings is 2. The predicted octanol–water partition coefficient (Wildman–Crippen LogP) is 3.16. The highest BCUT2D eigenvalue weighted by molar-refractivity contribution is 5.94. The number of ether oxygens (including phenoxy) is 2. The Bertz CT molecular complexity index is 1170. The number of amides is 1. The van der Waals surface area contributed by atoms with Crippen molar-refractivity contribution in [1.82, 2.24) is 9.88 Å². The lowest BCUT2D eigenvalue weighted by molar-refractivity contribution is 0.0745. The van der Waals surface area contributed by atoms with Crippen LogP contribution in [0.4, 0.5) is 10.1 Å². The summed E-state index contributed by atoms with van der Waals surface area (Å²) in [5.74, 6) is 0.615. The summed E-state index contributed by atoms with van der Waals surface area (Å²) in [7, 11) is 3.11. The van der Waals surface area contributed by atoms with E-state index in [0.29, 0.717) is 48.9 Å². The summed E-state index contributed by atoms with van der Waals surface area (Å²) >= 11 is 0. The van der Waals surface area contributed by atoms with Crippen molar-refractivity contribution in [2.75, 3.05) is 45.3 Å². The summed E-state index contributed by atoms with van der Waals surface area (Å²) in [5, 5.41) is 0. The van der Waals surface area contributed by atoms with Crippen LogP contribution in [0.5, 0.6) is 11.5 Å². The minimum atomic E-state index is -0.460. The molecular formula is C24H24FN3O4. The highest BCUT2D eigenvalue weighted by Crippen LogP contribution is 2.31. The van der Waals surface area contributed by atoms with Crippen LogP contribution in [0.3, 0.4) is 0 Å². The Morgan fingerprint density at radius 2 is 1.66 bits per heavy atom. The van der Waals surface area contributed by atoms with Gasteiger partial charge >= 0.3 is 0 Å². The number of anilines is 1. The number of methoxy groups -OCH3 is 2. The summed E-state index contributed by atoms with van der Waals surface area (Å²) in [6.07, 6.45) is 0. The molecule has 3 aromatic rings. The molecule has 0 radical (unpaired) electrons. The fourth-order valence-corrected chi connectivity index (χ4v) is 3.81. The molecule has 0 bridgehead atoms. The Kier molecular flexibility index (Phi) is 6.11. The van der Waals surface area contributed by atoms with Crippen LogP contribution in [0.1, 0.15) is 10.4 Å². The molecule has 4 rings (SSSR count). The Morgan fingerprint density at radius 1 is 0.938 bits per heavy atom. The molecule has 166 valence electrons. The maximum absolute atomic E-state index is 13.1. The number of H-pyrrole nitrogens is 1. The Hall–Kier alpha value is -3.81. The summed E-state index contributed by atoms with van der Waals surface area (Å²) in [4.78, 5) is 32.3. The van der Waals surface area contributed by atoms with Crippen LogP contribution in [0.2, 0.25) is 0 Å². The molecule has 1 N–H and O–H groups in total. The van der Waals surface area contributed by atoms with E-state index in [4.69, 9.17) is 9.47 Å². The Balaban J connectivity index is 1.50. The molecule has 1 aromatic heterocycles. The third-order valence-electron chi connectivity index (χ3n) is 5.60. The number of carbonyl (C=O) groups is 1. The van der Waals surface area contributed by atoms with E-state index in [1.807, 2.05) is 0 Å². The number of hydrogen-bond acceptors (Lipinski definition) is 5. The minimum absolute atomic E-state index is 0.0887. The first kappa shape index (κ1) is 21.4. The number of nitrogens with one attached hydrogen (secondary N) is 1. The van der Waals surface area contributed by atoms with Gasteiger partial charge in [-0.15, -0.1) is 0 Å². The second-order valence-electron chi connectivity index (χ2n) is 7.44. The van der Waals surface area contributed by atoms with Gasteiger partial charge in [-0.25, -0.2) is 4.39 Å². The normalized spacial score (nSPS) is 13.7.